The average Bonchev–Trinajstić information content (AvgIpc) is 2.33. The SMILES string of the molecule is CCC(CNC(=O)N1CCCC(N)C1)CC(=O)O. The van der Waals surface area contributed by atoms with Crippen LogP contribution in [0.1, 0.15) is 32.6 Å². The summed E-state index contributed by atoms with van der Waals surface area (Å²) in [4.78, 5) is 24.2. The molecule has 1 aliphatic heterocycles. The van der Waals surface area contributed by atoms with Gasteiger partial charge in [-0.05, 0) is 18.8 Å². The minimum absolute atomic E-state index is 0.00934. The number of carbonyl (C=O) groups is 2. The molecule has 18 heavy (non-hydrogen) atoms. The molecule has 4 N–H and O–H groups in total. The van der Waals surface area contributed by atoms with Crippen molar-refractivity contribution < 1.29 is 14.7 Å². The molecule has 0 aromatic rings. The fourth-order valence-electron chi connectivity index (χ4n) is 2.15. The van der Waals surface area contributed by atoms with Crippen molar-refractivity contribution in [3.8, 4) is 0 Å². The first-order valence-corrected chi connectivity index (χ1v) is 6.53. The minimum Gasteiger partial charge on any atom is -0.481 e. The maximum atomic E-state index is 11.9. The van der Waals surface area contributed by atoms with E-state index in [9.17, 15) is 9.59 Å². The highest BCUT2D eigenvalue weighted by atomic mass is 16.4. The molecule has 2 atom stereocenters. The first-order valence-electron chi connectivity index (χ1n) is 6.53. The summed E-state index contributed by atoms with van der Waals surface area (Å²) < 4.78 is 0. The lowest BCUT2D eigenvalue weighted by atomic mass is 10.0. The lowest BCUT2D eigenvalue weighted by Crippen LogP contribution is -2.50. The average molecular weight is 257 g/mol. The van der Waals surface area contributed by atoms with Gasteiger partial charge < -0.3 is 21.1 Å². The molecule has 6 nitrogen and oxygen atoms in total. The predicted octanol–water partition coefficient (Wildman–Crippen LogP) is 0.620. The van der Waals surface area contributed by atoms with E-state index in [0.29, 0.717) is 13.1 Å². The summed E-state index contributed by atoms with van der Waals surface area (Å²) >= 11 is 0. The second-order valence-electron chi connectivity index (χ2n) is 4.91. The second-order valence-corrected chi connectivity index (χ2v) is 4.91. The van der Waals surface area contributed by atoms with Gasteiger partial charge in [0.1, 0.15) is 0 Å². The van der Waals surface area contributed by atoms with E-state index in [1.165, 1.54) is 0 Å². The van der Waals surface area contributed by atoms with Crippen molar-refractivity contribution in [3.05, 3.63) is 0 Å². The van der Waals surface area contributed by atoms with Gasteiger partial charge in [0.05, 0.1) is 0 Å². The Morgan fingerprint density at radius 1 is 1.56 bits per heavy atom. The van der Waals surface area contributed by atoms with E-state index in [2.05, 4.69) is 5.32 Å². The fourth-order valence-corrected chi connectivity index (χ4v) is 2.15. The molecular weight excluding hydrogens is 234 g/mol. The van der Waals surface area contributed by atoms with E-state index in [0.717, 1.165) is 25.8 Å². The molecule has 0 bridgehead atoms. The molecule has 6 heteroatoms. The standard InChI is InChI=1S/C12H23N3O3/c1-2-9(6-11(16)17)7-14-12(18)15-5-3-4-10(13)8-15/h9-10H,2-8,13H2,1H3,(H,14,18)(H,16,17). The van der Waals surface area contributed by atoms with E-state index >= 15 is 0 Å². The highest BCUT2D eigenvalue weighted by Crippen LogP contribution is 2.10. The summed E-state index contributed by atoms with van der Waals surface area (Å²) in [5, 5.41) is 11.5. The molecule has 0 radical (unpaired) electrons. The molecule has 1 aliphatic rings. The number of aliphatic carboxylic acids is 1. The number of nitrogens with zero attached hydrogens (tertiary/aromatic N) is 1. The highest BCUT2D eigenvalue weighted by molar-refractivity contribution is 5.74. The maximum Gasteiger partial charge on any atom is 0.317 e. The van der Waals surface area contributed by atoms with Crippen LogP contribution >= 0.6 is 0 Å². The second kappa shape index (κ2) is 7.20. The van der Waals surface area contributed by atoms with Gasteiger partial charge in [0.15, 0.2) is 0 Å². The normalized spacial score (nSPS) is 21.4. The van der Waals surface area contributed by atoms with Crippen LogP contribution in [0.4, 0.5) is 4.79 Å². The maximum absolute atomic E-state index is 11.9. The first-order chi connectivity index (χ1) is 8.52. The molecule has 0 aromatic carbocycles. The van der Waals surface area contributed by atoms with Gasteiger partial charge in [-0.3, -0.25) is 4.79 Å². The Bertz CT molecular complexity index is 296. The largest absolute Gasteiger partial charge is 0.481 e. The molecule has 1 heterocycles. The third-order valence-corrected chi connectivity index (χ3v) is 3.33. The van der Waals surface area contributed by atoms with Crippen molar-refractivity contribution >= 4 is 12.0 Å². The number of carbonyl (C=O) groups excluding carboxylic acids is 1. The Kier molecular flexibility index (Phi) is 5.91. The Balaban J connectivity index is 2.32. The van der Waals surface area contributed by atoms with Gasteiger partial charge >= 0.3 is 12.0 Å². The van der Waals surface area contributed by atoms with Crippen molar-refractivity contribution in [2.75, 3.05) is 19.6 Å². The number of amides is 2. The number of hydrogen-bond donors (Lipinski definition) is 3. The van der Waals surface area contributed by atoms with E-state index in [1.807, 2.05) is 6.92 Å². The summed E-state index contributed by atoms with van der Waals surface area (Å²) in [7, 11) is 0. The number of carboxylic acid groups (broad SMARTS) is 1. The smallest absolute Gasteiger partial charge is 0.317 e. The summed E-state index contributed by atoms with van der Waals surface area (Å²) in [6, 6.07) is -0.0699. The van der Waals surface area contributed by atoms with Crippen LogP contribution in [0.5, 0.6) is 0 Å². The number of piperidine rings is 1. The Morgan fingerprint density at radius 2 is 2.28 bits per heavy atom. The molecule has 0 aromatic heterocycles. The highest BCUT2D eigenvalue weighted by Gasteiger charge is 2.21. The summed E-state index contributed by atoms with van der Waals surface area (Å²) in [5.41, 5.74) is 5.81. The topological polar surface area (TPSA) is 95.7 Å². The number of carboxylic acids is 1. The van der Waals surface area contributed by atoms with E-state index in [-0.39, 0.29) is 24.4 Å². The number of nitrogens with two attached hydrogens (primary N) is 1. The Labute approximate surface area is 108 Å². The van der Waals surface area contributed by atoms with Gasteiger partial charge in [-0.1, -0.05) is 13.3 Å². The Hall–Kier alpha value is -1.30. The van der Waals surface area contributed by atoms with Crippen LogP contribution in [0.25, 0.3) is 0 Å². The molecular formula is C12H23N3O3. The third kappa shape index (κ3) is 4.91. The van der Waals surface area contributed by atoms with Crippen LogP contribution in [0.3, 0.4) is 0 Å². The van der Waals surface area contributed by atoms with Gasteiger partial charge in [-0.25, -0.2) is 4.79 Å². The molecule has 0 saturated carbocycles. The minimum atomic E-state index is -0.823. The van der Waals surface area contributed by atoms with Gasteiger partial charge in [0.25, 0.3) is 0 Å². The lowest BCUT2D eigenvalue weighted by Gasteiger charge is -2.31. The van der Waals surface area contributed by atoms with E-state index < -0.39 is 5.97 Å². The summed E-state index contributed by atoms with van der Waals surface area (Å²) in [5.74, 6) is -0.832. The molecule has 2 amide bonds. The Morgan fingerprint density at radius 3 is 2.83 bits per heavy atom. The number of likely N-dealkylation sites (tertiary alicyclic amines) is 1. The zero-order valence-corrected chi connectivity index (χ0v) is 10.9. The van der Waals surface area contributed by atoms with Crippen LogP contribution < -0.4 is 11.1 Å². The summed E-state index contributed by atoms with van der Waals surface area (Å²) in [6.07, 6.45) is 2.73. The van der Waals surface area contributed by atoms with Crippen molar-refractivity contribution in [3.63, 3.8) is 0 Å². The van der Waals surface area contributed by atoms with E-state index in [1.54, 1.807) is 4.90 Å². The van der Waals surface area contributed by atoms with Crippen LogP contribution in [0.2, 0.25) is 0 Å². The zero-order valence-electron chi connectivity index (χ0n) is 10.9. The number of rotatable bonds is 5. The molecule has 0 aliphatic carbocycles. The van der Waals surface area contributed by atoms with Crippen LogP contribution in [0, 0.1) is 5.92 Å². The third-order valence-electron chi connectivity index (χ3n) is 3.33. The predicted molar refractivity (Wildman–Crippen MR) is 68.2 cm³/mol. The van der Waals surface area contributed by atoms with Crippen molar-refractivity contribution in [1.82, 2.24) is 10.2 Å². The van der Waals surface area contributed by atoms with Crippen molar-refractivity contribution in [2.45, 2.75) is 38.6 Å². The van der Waals surface area contributed by atoms with E-state index in [4.69, 9.17) is 10.8 Å². The molecule has 1 rings (SSSR count). The monoisotopic (exact) mass is 257 g/mol. The molecule has 2 unspecified atom stereocenters. The number of urea groups is 1. The van der Waals surface area contributed by atoms with Gasteiger partial charge in [-0.2, -0.15) is 0 Å². The zero-order chi connectivity index (χ0) is 13.5. The lowest BCUT2D eigenvalue weighted by molar-refractivity contribution is -0.138. The van der Waals surface area contributed by atoms with Crippen LogP contribution in [-0.4, -0.2) is 47.7 Å². The van der Waals surface area contributed by atoms with Crippen molar-refractivity contribution in [2.24, 2.45) is 11.7 Å². The quantitative estimate of drug-likeness (QED) is 0.672. The molecule has 104 valence electrons. The van der Waals surface area contributed by atoms with Gasteiger partial charge in [-0.15, -0.1) is 0 Å². The van der Waals surface area contributed by atoms with Crippen LogP contribution in [-0.2, 0) is 4.79 Å². The van der Waals surface area contributed by atoms with Crippen LogP contribution in [0.15, 0.2) is 0 Å². The first kappa shape index (κ1) is 14.8. The van der Waals surface area contributed by atoms with Gasteiger partial charge in [0, 0.05) is 32.1 Å². The summed E-state index contributed by atoms with van der Waals surface area (Å²) in [6.45, 7) is 3.65. The molecule has 0 spiro atoms. The number of nitrogens with one attached hydrogen (secondary N) is 1. The van der Waals surface area contributed by atoms with Crippen molar-refractivity contribution in [1.29, 1.82) is 0 Å². The fraction of sp³-hybridized carbons (Fsp3) is 0.833. The molecule has 1 saturated heterocycles. The molecule has 1 fully saturated rings. The number of hydrogen-bond acceptors (Lipinski definition) is 3. The van der Waals surface area contributed by atoms with Gasteiger partial charge in [0.2, 0.25) is 0 Å².